The van der Waals surface area contributed by atoms with Gasteiger partial charge in [0.1, 0.15) is 0 Å². The van der Waals surface area contributed by atoms with Gasteiger partial charge in [0.25, 0.3) is 0 Å². The lowest BCUT2D eigenvalue weighted by atomic mass is 10.1. The number of halogens is 1. The Morgan fingerprint density at radius 3 is 2.76 bits per heavy atom. The summed E-state index contributed by atoms with van der Waals surface area (Å²) in [7, 11) is -3.53. The summed E-state index contributed by atoms with van der Waals surface area (Å²) in [6.07, 6.45) is 0.369. The molecule has 0 saturated carbocycles. The number of hydrogen-bond donors (Lipinski definition) is 1. The van der Waals surface area contributed by atoms with E-state index >= 15 is 0 Å². The lowest BCUT2D eigenvalue weighted by molar-refractivity contribution is 0.0988. The molecule has 1 N–H and O–H groups in total. The number of ketones is 1. The van der Waals surface area contributed by atoms with E-state index in [1.165, 1.54) is 10.4 Å². The van der Waals surface area contributed by atoms with E-state index in [1.54, 1.807) is 25.1 Å². The summed E-state index contributed by atoms with van der Waals surface area (Å²) in [5.74, 6) is -0.0459. The molecule has 0 bridgehead atoms. The predicted molar refractivity (Wildman–Crippen MR) is 84.5 cm³/mol. The molecule has 1 fully saturated rings. The maximum absolute atomic E-state index is 12.6. The zero-order chi connectivity index (χ0) is 14.8. The van der Waals surface area contributed by atoms with Gasteiger partial charge < -0.3 is 5.32 Å². The third-order valence-electron chi connectivity index (χ3n) is 3.52. The lowest BCUT2D eigenvalue weighted by Crippen LogP contribution is -2.52. The van der Waals surface area contributed by atoms with Crippen LogP contribution < -0.4 is 5.32 Å². The Kier molecular flexibility index (Phi) is 6.34. The van der Waals surface area contributed by atoms with Crippen molar-refractivity contribution in [2.75, 3.05) is 19.6 Å². The summed E-state index contributed by atoms with van der Waals surface area (Å²) in [5.41, 5.74) is 0.455. The van der Waals surface area contributed by atoms with Crippen molar-refractivity contribution in [1.82, 2.24) is 9.62 Å². The van der Waals surface area contributed by atoms with Gasteiger partial charge in [-0.15, -0.1) is 12.4 Å². The molecule has 1 aromatic carbocycles. The van der Waals surface area contributed by atoms with Crippen molar-refractivity contribution in [2.24, 2.45) is 0 Å². The zero-order valence-electron chi connectivity index (χ0n) is 12.2. The van der Waals surface area contributed by atoms with Crippen molar-refractivity contribution in [2.45, 2.75) is 31.2 Å². The van der Waals surface area contributed by atoms with E-state index in [-0.39, 0.29) is 29.1 Å². The van der Waals surface area contributed by atoms with Crippen molar-refractivity contribution in [1.29, 1.82) is 0 Å². The van der Waals surface area contributed by atoms with Crippen LogP contribution in [-0.4, -0.2) is 44.2 Å². The maximum Gasteiger partial charge on any atom is 0.243 e. The van der Waals surface area contributed by atoms with Crippen LogP contribution in [0.1, 0.15) is 30.6 Å². The number of nitrogens with one attached hydrogen (secondary N) is 1. The van der Waals surface area contributed by atoms with Gasteiger partial charge in [-0.1, -0.05) is 19.1 Å². The third-order valence-corrected chi connectivity index (χ3v) is 5.53. The van der Waals surface area contributed by atoms with Crippen LogP contribution in [0.25, 0.3) is 0 Å². The van der Waals surface area contributed by atoms with Gasteiger partial charge in [0.2, 0.25) is 10.0 Å². The number of nitrogens with zero attached hydrogens (tertiary/aromatic N) is 1. The molecule has 1 saturated heterocycles. The Balaban J connectivity index is 0.00000220. The highest BCUT2D eigenvalue weighted by Gasteiger charge is 2.31. The van der Waals surface area contributed by atoms with Crippen molar-refractivity contribution < 1.29 is 13.2 Å². The Morgan fingerprint density at radius 2 is 2.14 bits per heavy atom. The second-order valence-corrected chi connectivity index (χ2v) is 6.86. The molecule has 1 atom stereocenters. The molecule has 1 aromatic rings. The van der Waals surface area contributed by atoms with Gasteiger partial charge in [-0.05, 0) is 19.1 Å². The number of benzene rings is 1. The van der Waals surface area contributed by atoms with Gasteiger partial charge >= 0.3 is 0 Å². The molecule has 0 spiro atoms. The molecule has 5 nitrogen and oxygen atoms in total. The van der Waals surface area contributed by atoms with Crippen LogP contribution >= 0.6 is 12.4 Å². The first kappa shape index (κ1) is 18.1. The lowest BCUT2D eigenvalue weighted by Gasteiger charge is -2.32. The van der Waals surface area contributed by atoms with Gasteiger partial charge in [-0.2, -0.15) is 4.31 Å². The molecule has 1 heterocycles. The van der Waals surface area contributed by atoms with Crippen LogP contribution in [0.2, 0.25) is 0 Å². The zero-order valence-corrected chi connectivity index (χ0v) is 13.8. The first-order chi connectivity index (χ1) is 9.46. The molecule has 1 aliphatic rings. The van der Waals surface area contributed by atoms with E-state index in [2.05, 4.69) is 5.32 Å². The number of Topliss-reactive ketones (excluding diaryl/α,β-unsaturated/α-hetero) is 1. The molecule has 7 heteroatoms. The van der Waals surface area contributed by atoms with Crippen LogP contribution in [0.15, 0.2) is 29.2 Å². The summed E-state index contributed by atoms with van der Waals surface area (Å²) in [6, 6.07) is 6.24. The smallest absolute Gasteiger partial charge is 0.243 e. The molecule has 118 valence electrons. The number of carbonyl (C=O) groups is 1. The molecular weight excluding hydrogens is 312 g/mol. The fraction of sp³-hybridized carbons (Fsp3) is 0.500. The summed E-state index contributed by atoms with van der Waals surface area (Å²) in [6.45, 7) is 5.39. The molecule has 2 rings (SSSR count). The van der Waals surface area contributed by atoms with E-state index in [9.17, 15) is 13.2 Å². The quantitative estimate of drug-likeness (QED) is 0.852. The minimum atomic E-state index is -3.53. The summed E-state index contributed by atoms with van der Waals surface area (Å²) in [4.78, 5) is 11.9. The average molecular weight is 333 g/mol. The van der Waals surface area contributed by atoms with Crippen molar-refractivity contribution in [3.8, 4) is 0 Å². The second kappa shape index (κ2) is 7.35. The Bertz CT molecular complexity index is 604. The Morgan fingerprint density at radius 1 is 1.43 bits per heavy atom. The topological polar surface area (TPSA) is 66.5 Å². The minimum Gasteiger partial charge on any atom is -0.314 e. The second-order valence-electron chi connectivity index (χ2n) is 4.97. The molecule has 21 heavy (non-hydrogen) atoms. The van der Waals surface area contributed by atoms with Crippen molar-refractivity contribution >= 4 is 28.2 Å². The molecule has 1 unspecified atom stereocenters. The Hall–Kier alpha value is -0.950. The van der Waals surface area contributed by atoms with Crippen LogP contribution in [0.3, 0.4) is 0 Å². The maximum atomic E-state index is 12.6. The molecule has 0 aliphatic carbocycles. The summed E-state index contributed by atoms with van der Waals surface area (Å²) < 4.78 is 26.8. The van der Waals surface area contributed by atoms with E-state index in [4.69, 9.17) is 0 Å². The fourth-order valence-electron chi connectivity index (χ4n) is 2.35. The normalized spacial score (nSPS) is 19.8. The van der Waals surface area contributed by atoms with E-state index < -0.39 is 10.0 Å². The predicted octanol–water partition coefficient (Wildman–Crippen LogP) is 1.68. The van der Waals surface area contributed by atoms with Crippen molar-refractivity contribution in [3.05, 3.63) is 29.8 Å². The highest BCUT2D eigenvalue weighted by atomic mass is 35.5. The molecule has 0 amide bonds. The molecule has 1 aliphatic heterocycles. The summed E-state index contributed by atoms with van der Waals surface area (Å²) in [5, 5.41) is 3.17. The van der Waals surface area contributed by atoms with E-state index in [0.717, 1.165) is 0 Å². The van der Waals surface area contributed by atoms with Crippen LogP contribution in [-0.2, 0) is 10.0 Å². The van der Waals surface area contributed by atoms with Crippen molar-refractivity contribution in [3.63, 3.8) is 0 Å². The highest BCUT2D eigenvalue weighted by Crippen LogP contribution is 2.20. The first-order valence-electron chi connectivity index (χ1n) is 6.82. The van der Waals surface area contributed by atoms with Gasteiger partial charge in [0.05, 0.1) is 4.90 Å². The number of carbonyl (C=O) groups excluding carboxylic acids is 1. The van der Waals surface area contributed by atoms with Crippen LogP contribution in [0.4, 0.5) is 0 Å². The van der Waals surface area contributed by atoms with Gasteiger partial charge in [0.15, 0.2) is 5.78 Å². The molecule has 0 aromatic heterocycles. The number of piperazine rings is 1. The first-order valence-corrected chi connectivity index (χ1v) is 8.26. The number of hydrogen-bond acceptors (Lipinski definition) is 4. The van der Waals surface area contributed by atoms with E-state index in [1.807, 2.05) is 6.92 Å². The Labute approximate surface area is 132 Å². The third kappa shape index (κ3) is 3.83. The number of rotatable bonds is 4. The van der Waals surface area contributed by atoms with Crippen LogP contribution in [0, 0.1) is 0 Å². The molecular formula is C14H21ClN2O3S. The van der Waals surface area contributed by atoms with Crippen LogP contribution in [0.5, 0.6) is 0 Å². The van der Waals surface area contributed by atoms with E-state index in [0.29, 0.717) is 31.6 Å². The fourth-order valence-corrected chi connectivity index (χ4v) is 4.03. The van der Waals surface area contributed by atoms with Gasteiger partial charge in [-0.3, -0.25) is 4.79 Å². The van der Waals surface area contributed by atoms with Gasteiger partial charge in [-0.25, -0.2) is 8.42 Å². The number of sulfonamides is 1. The largest absolute Gasteiger partial charge is 0.314 e. The highest BCUT2D eigenvalue weighted by molar-refractivity contribution is 7.89. The minimum absolute atomic E-state index is 0. The average Bonchev–Trinajstić information content (AvgIpc) is 2.47. The SMILES string of the molecule is CCC(=O)c1cccc(S(=O)(=O)N2CCNCC2C)c1.Cl. The monoisotopic (exact) mass is 332 g/mol. The van der Waals surface area contributed by atoms with Gasteiger partial charge in [0, 0.05) is 37.7 Å². The standard InChI is InChI=1S/C14H20N2O3S.ClH/c1-3-14(17)12-5-4-6-13(9-12)20(18,19)16-8-7-15-10-11(16)2;/h4-6,9,11,15H,3,7-8,10H2,1-2H3;1H. The summed E-state index contributed by atoms with van der Waals surface area (Å²) >= 11 is 0. The molecule has 0 radical (unpaired) electrons.